The lowest BCUT2D eigenvalue weighted by molar-refractivity contribution is -0.144. The summed E-state index contributed by atoms with van der Waals surface area (Å²) < 4.78 is 23.2. The van der Waals surface area contributed by atoms with Crippen LogP contribution < -0.4 is 5.32 Å². The van der Waals surface area contributed by atoms with Crippen molar-refractivity contribution in [1.82, 2.24) is 9.80 Å². The summed E-state index contributed by atoms with van der Waals surface area (Å²) in [4.78, 5) is 42.6. The second-order valence-corrected chi connectivity index (χ2v) is 13.8. The highest BCUT2D eigenvalue weighted by molar-refractivity contribution is 6.36. The first-order valence-corrected chi connectivity index (χ1v) is 17.1. The third-order valence-electron chi connectivity index (χ3n) is 10.1. The summed E-state index contributed by atoms with van der Waals surface area (Å²) in [6, 6.07) is 10.4. The Labute approximate surface area is 289 Å². The van der Waals surface area contributed by atoms with Crippen LogP contribution in [-0.4, -0.2) is 104 Å². The second-order valence-electron chi connectivity index (χ2n) is 12.9. The van der Waals surface area contributed by atoms with Crippen LogP contribution in [0, 0.1) is 5.92 Å². The monoisotopic (exact) mass is 701 g/mol. The van der Waals surface area contributed by atoms with E-state index < -0.39 is 11.9 Å². The van der Waals surface area contributed by atoms with Crippen molar-refractivity contribution in [2.45, 2.75) is 68.9 Å². The number of likely N-dealkylation sites (tertiary alicyclic amines) is 2. The topological polar surface area (TPSA) is 131 Å². The third kappa shape index (κ3) is 7.51. The van der Waals surface area contributed by atoms with Gasteiger partial charge in [0.1, 0.15) is 11.8 Å². The molecule has 0 spiro atoms. The van der Waals surface area contributed by atoms with E-state index in [0.29, 0.717) is 84.7 Å². The number of halogens is 2. The fourth-order valence-corrected chi connectivity index (χ4v) is 7.76. The lowest BCUT2D eigenvalue weighted by Gasteiger charge is -2.30. The summed E-state index contributed by atoms with van der Waals surface area (Å²) in [6.45, 7) is 2.29. The highest BCUT2D eigenvalue weighted by Crippen LogP contribution is 2.34. The number of carboxylic acid groups (broad SMARTS) is 1. The molecule has 258 valence electrons. The number of aliphatic carboxylic acids is 1. The van der Waals surface area contributed by atoms with Gasteiger partial charge in [-0.1, -0.05) is 41.4 Å². The molecular formula is C35H41Cl2N3O8. The van der Waals surface area contributed by atoms with E-state index in [1.807, 2.05) is 17.0 Å². The molecule has 13 heteroatoms. The minimum atomic E-state index is -0.751. The summed E-state index contributed by atoms with van der Waals surface area (Å²) in [7, 11) is 3.37. The number of para-hydroxylation sites is 1. The van der Waals surface area contributed by atoms with Crippen molar-refractivity contribution in [1.29, 1.82) is 0 Å². The van der Waals surface area contributed by atoms with E-state index in [1.54, 1.807) is 38.5 Å². The van der Waals surface area contributed by atoms with E-state index in [1.165, 1.54) is 6.26 Å². The maximum atomic E-state index is 14.0. The van der Waals surface area contributed by atoms with Crippen LogP contribution in [0.4, 0.5) is 5.69 Å². The Kier molecular flexibility index (Phi) is 10.9. The van der Waals surface area contributed by atoms with Gasteiger partial charge in [-0.3, -0.25) is 19.3 Å². The van der Waals surface area contributed by atoms with Crippen LogP contribution in [0.3, 0.4) is 0 Å². The summed E-state index contributed by atoms with van der Waals surface area (Å²) in [5.74, 6) is -1.57. The van der Waals surface area contributed by atoms with E-state index in [2.05, 4.69) is 10.2 Å². The number of anilines is 1. The molecule has 6 rings (SSSR count). The number of methoxy groups -OCH3 is 2. The minimum absolute atomic E-state index is 0.0213. The van der Waals surface area contributed by atoms with Gasteiger partial charge in [-0.05, 0) is 55.9 Å². The number of nitrogens with one attached hydrogen (secondary N) is 1. The van der Waals surface area contributed by atoms with Gasteiger partial charge in [0.05, 0.1) is 59.6 Å². The molecule has 2 N–H and O–H groups in total. The van der Waals surface area contributed by atoms with E-state index in [0.717, 1.165) is 6.42 Å². The van der Waals surface area contributed by atoms with Crippen LogP contribution in [0.25, 0.3) is 11.0 Å². The number of rotatable bonds is 11. The molecular weight excluding hydrogens is 661 g/mol. The number of carbonyl (C=O) groups excluding carboxylic acids is 2. The van der Waals surface area contributed by atoms with Gasteiger partial charge in [0.25, 0.3) is 5.91 Å². The summed E-state index contributed by atoms with van der Waals surface area (Å²) >= 11 is 13.3. The zero-order valence-corrected chi connectivity index (χ0v) is 28.5. The Balaban J connectivity index is 1.14. The first-order chi connectivity index (χ1) is 23.1. The van der Waals surface area contributed by atoms with Gasteiger partial charge in [0.15, 0.2) is 0 Å². The molecule has 2 amide bonds. The predicted molar refractivity (Wildman–Crippen MR) is 181 cm³/mol. The Morgan fingerprint density at radius 2 is 1.69 bits per heavy atom. The van der Waals surface area contributed by atoms with Gasteiger partial charge >= 0.3 is 5.97 Å². The van der Waals surface area contributed by atoms with Gasteiger partial charge in [-0.15, -0.1) is 0 Å². The fraction of sp³-hybridized carbons (Fsp3) is 0.514. The SMILES string of the molecule is CO[C@H]1CN([C@H]2C[C@@H](COC3CCC(C(=O)O)CC3)N(C(=O)Cc3cc(Cl)c(NC(=O)c4coc5ccccc45)cc3Cl)C2)C[C@@H]1OC. The molecule has 3 heterocycles. The Hall–Kier alpha value is -3.19. The van der Waals surface area contributed by atoms with Crippen molar-refractivity contribution in [3.05, 3.63) is 63.8 Å². The first-order valence-electron chi connectivity index (χ1n) is 16.3. The lowest BCUT2D eigenvalue weighted by atomic mass is 9.87. The van der Waals surface area contributed by atoms with Gasteiger partial charge in [-0.25, -0.2) is 0 Å². The van der Waals surface area contributed by atoms with Crippen molar-refractivity contribution in [3.63, 3.8) is 0 Å². The maximum absolute atomic E-state index is 14.0. The molecule has 3 fully saturated rings. The Morgan fingerprint density at radius 1 is 0.979 bits per heavy atom. The number of fused-ring (bicyclic) bond motifs is 1. The zero-order chi connectivity index (χ0) is 33.9. The normalized spacial score (nSPS) is 26.3. The molecule has 2 saturated heterocycles. The maximum Gasteiger partial charge on any atom is 0.306 e. The highest BCUT2D eigenvalue weighted by Gasteiger charge is 2.43. The number of hydrogen-bond donors (Lipinski definition) is 2. The van der Waals surface area contributed by atoms with Crippen molar-refractivity contribution >= 4 is 57.6 Å². The number of amides is 2. The molecule has 0 bridgehead atoms. The third-order valence-corrected chi connectivity index (χ3v) is 10.7. The molecule has 11 nitrogen and oxygen atoms in total. The standard InChI is InChI=1S/C35H41Cl2N3O8/c1-45-31-16-39(17-32(31)46-2)22-13-23(18-47-24-9-7-20(8-10-24)35(43)44)40(15-22)33(41)12-21-11-28(37)29(14-27(21)36)38-34(42)26-19-48-30-6-4-3-5-25(26)30/h3-6,11,14,19-20,22-24,31-32H,7-10,12-13,15-18H2,1-2H3,(H,38,42)(H,43,44)/t20?,22-,23-,24?,31-,32-/m0/s1. The molecule has 2 aliphatic heterocycles. The average Bonchev–Trinajstić information content (AvgIpc) is 3.83. The van der Waals surface area contributed by atoms with Crippen molar-refractivity contribution in [2.75, 3.05) is 45.8 Å². The number of furan rings is 1. The van der Waals surface area contributed by atoms with E-state index in [-0.39, 0.29) is 53.7 Å². The van der Waals surface area contributed by atoms with Crippen molar-refractivity contribution < 1.29 is 38.1 Å². The van der Waals surface area contributed by atoms with Gasteiger partial charge in [-0.2, -0.15) is 0 Å². The van der Waals surface area contributed by atoms with Gasteiger partial charge < -0.3 is 34.0 Å². The predicted octanol–water partition coefficient (Wildman–Crippen LogP) is 5.51. The molecule has 0 radical (unpaired) electrons. The molecule has 3 aliphatic rings. The minimum Gasteiger partial charge on any atom is -0.481 e. The van der Waals surface area contributed by atoms with Crippen LogP contribution in [0.15, 0.2) is 47.1 Å². The highest BCUT2D eigenvalue weighted by atomic mass is 35.5. The largest absolute Gasteiger partial charge is 0.481 e. The molecule has 4 atom stereocenters. The van der Waals surface area contributed by atoms with E-state index in [4.69, 9.17) is 41.8 Å². The first kappa shape index (κ1) is 34.7. The number of ether oxygens (including phenoxy) is 3. The Bertz CT molecular complexity index is 1630. The summed E-state index contributed by atoms with van der Waals surface area (Å²) in [6.07, 6.45) is 4.58. The summed E-state index contributed by atoms with van der Waals surface area (Å²) in [5.41, 5.74) is 1.84. The number of carboxylic acids is 1. The molecule has 1 saturated carbocycles. The Morgan fingerprint density at radius 3 is 2.38 bits per heavy atom. The molecule has 3 aromatic rings. The van der Waals surface area contributed by atoms with E-state index in [9.17, 15) is 19.5 Å². The molecule has 2 aromatic carbocycles. The van der Waals surface area contributed by atoms with Crippen molar-refractivity contribution in [2.24, 2.45) is 5.92 Å². The van der Waals surface area contributed by atoms with Crippen LogP contribution >= 0.6 is 23.2 Å². The number of carbonyl (C=O) groups is 3. The smallest absolute Gasteiger partial charge is 0.306 e. The number of nitrogens with zero attached hydrogens (tertiary/aromatic N) is 2. The number of hydrogen-bond acceptors (Lipinski definition) is 8. The van der Waals surface area contributed by atoms with E-state index >= 15 is 0 Å². The van der Waals surface area contributed by atoms with Crippen LogP contribution in [0.2, 0.25) is 10.0 Å². The molecule has 48 heavy (non-hydrogen) atoms. The average molecular weight is 703 g/mol. The van der Waals surface area contributed by atoms with Crippen LogP contribution in [-0.2, 0) is 30.2 Å². The number of benzene rings is 2. The molecule has 1 aromatic heterocycles. The second kappa shape index (κ2) is 15.1. The van der Waals surface area contributed by atoms with Crippen LogP contribution in [0.1, 0.15) is 48.0 Å². The van der Waals surface area contributed by atoms with Crippen LogP contribution in [0.5, 0.6) is 0 Å². The van der Waals surface area contributed by atoms with Crippen molar-refractivity contribution in [3.8, 4) is 0 Å². The van der Waals surface area contributed by atoms with Gasteiger partial charge in [0.2, 0.25) is 5.91 Å². The van der Waals surface area contributed by atoms with Gasteiger partial charge in [0, 0.05) is 50.3 Å². The molecule has 1 aliphatic carbocycles. The molecule has 0 unspecified atom stereocenters. The quantitative estimate of drug-likeness (QED) is 0.266. The lowest BCUT2D eigenvalue weighted by Crippen LogP contribution is -2.41. The summed E-state index contributed by atoms with van der Waals surface area (Å²) in [5, 5.41) is 13.4. The zero-order valence-electron chi connectivity index (χ0n) is 27.0. The fourth-order valence-electron chi connectivity index (χ4n) is 7.29.